The second kappa shape index (κ2) is 52.9. The van der Waals surface area contributed by atoms with E-state index >= 15 is 0 Å². The Kier molecular flexibility index (Phi) is 51.0. The highest BCUT2D eigenvalue weighted by molar-refractivity contribution is 5.72. The number of esters is 2. The van der Waals surface area contributed by atoms with E-state index in [9.17, 15) is 19.5 Å². The number of rotatable bonds is 55. The van der Waals surface area contributed by atoms with Crippen molar-refractivity contribution in [3.05, 3.63) is 36.5 Å². The van der Waals surface area contributed by atoms with Gasteiger partial charge in [-0.1, -0.05) is 262 Å². The topological polar surface area (TPSA) is 99.1 Å². The number of quaternary nitrogens is 1. The third kappa shape index (κ3) is 50.5. The van der Waals surface area contributed by atoms with Gasteiger partial charge in [0.15, 0.2) is 12.1 Å². The molecule has 0 saturated carbocycles. The van der Waals surface area contributed by atoms with E-state index in [0.29, 0.717) is 19.3 Å². The zero-order valence-electron chi connectivity index (χ0n) is 47.0. The lowest BCUT2D eigenvalue weighted by Gasteiger charge is -2.31. The van der Waals surface area contributed by atoms with Gasteiger partial charge in [0.2, 0.25) is 0 Å². The van der Waals surface area contributed by atoms with E-state index in [4.69, 9.17) is 14.2 Å². The number of hydrogen-bond acceptors (Lipinski definition) is 6. The number of ether oxygens (including phenoxy) is 3. The number of hydrogen-bond donors (Lipinski definition) is 1. The molecule has 0 fully saturated rings. The van der Waals surface area contributed by atoms with Gasteiger partial charge in [-0.05, 0) is 44.9 Å². The Hall–Kier alpha value is -2.45. The van der Waals surface area contributed by atoms with Crippen LogP contribution >= 0.6 is 0 Å². The van der Waals surface area contributed by atoms with Crippen LogP contribution in [0, 0.1) is 0 Å². The summed E-state index contributed by atoms with van der Waals surface area (Å²) >= 11 is 0. The molecular formula is C62H116NO7+. The summed E-state index contributed by atoms with van der Waals surface area (Å²) in [5.41, 5.74) is 0. The van der Waals surface area contributed by atoms with Crippen molar-refractivity contribution >= 4 is 17.9 Å². The molecule has 0 amide bonds. The molecule has 0 aromatic heterocycles. The van der Waals surface area contributed by atoms with Gasteiger partial charge in [-0.3, -0.25) is 9.59 Å². The van der Waals surface area contributed by atoms with Crippen molar-refractivity contribution in [3.8, 4) is 0 Å². The first-order valence-electron chi connectivity index (χ1n) is 30.0. The number of unbranched alkanes of at least 4 members (excludes halogenated alkanes) is 35. The van der Waals surface area contributed by atoms with Gasteiger partial charge in [0.1, 0.15) is 6.61 Å². The summed E-state index contributed by atoms with van der Waals surface area (Å²) < 4.78 is 17.4. The predicted molar refractivity (Wildman–Crippen MR) is 298 cm³/mol. The van der Waals surface area contributed by atoms with Crippen molar-refractivity contribution in [3.63, 3.8) is 0 Å². The van der Waals surface area contributed by atoms with Crippen LogP contribution in [-0.2, 0) is 28.6 Å². The van der Waals surface area contributed by atoms with Gasteiger partial charge in [0.05, 0.1) is 34.4 Å². The van der Waals surface area contributed by atoms with Crippen molar-refractivity contribution in [2.75, 3.05) is 41.0 Å². The number of nitrogens with zero attached hydrogens (tertiary/aromatic N) is 1. The molecule has 0 aliphatic rings. The molecule has 0 bridgehead atoms. The van der Waals surface area contributed by atoms with Crippen LogP contribution in [0.4, 0.5) is 0 Å². The number of likely N-dealkylation sites (N-methyl/N-ethyl adjacent to an activating group) is 1. The van der Waals surface area contributed by atoms with E-state index in [1.807, 2.05) is 21.1 Å². The first-order valence-corrected chi connectivity index (χ1v) is 30.0. The van der Waals surface area contributed by atoms with Gasteiger partial charge in [-0.2, -0.15) is 0 Å². The van der Waals surface area contributed by atoms with Gasteiger partial charge in [-0.25, -0.2) is 4.79 Å². The monoisotopic (exact) mass is 987 g/mol. The van der Waals surface area contributed by atoms with Crippen LogP contribution in [0.1, 0.15) is 290 Å². The van der Waals surface area contributed by atoms with Crippen molar-refractivity contribution in [2.24, 2.45) is 0 Å². The van der Waals surface area contributed by atoms with Crippen LogP contribution < -0.4 is 0 Å². The zero-order chi connectivity index (χ0) is 51.3. The van der Waals surface area contributed by atoms with Crippen molar-refractivity contribution in [1.29, 1.82) is 0 Å². The maximum absolute atomic E-state index is 12.9. The molecule has 1 N–H and O–H groups in total. The van der Waals surface area contributed by atoms with Crippen LogP contribution in [0.5, 0.6) is 0 Å². The number of allylic oxidation sites excluding steroid dienone is 6. The van der Waals surface area contributed by atoms with Crippen LogP contribution in [0.15, 0.2) is 36.5 Å². The van der Waals surface area contributed by atoms with Crippen LogP contribution in [0.3, 0.4) is 0 Å². The molecule has 0 rings (SSSR count). The second-order valence-corrected chi connectivity index (χ2v) is 21.6. The van der Waals surface area contributed by atoms with E-state index in [1.165, 1.54) is 199 Å². The molecule has 0 spiro atoms. The predicted octanol–water partition coefficient (Wildman–Crippen LogP) is 18.1. The lowest BCUT2D eigenvalue weighted by atomic mass is 10.0. The van der Waals surface area contributed by atoms with E-state index in [2.05, 4.69) is 50.3 Å². The van der Waals surface area contributed by atoms with Gasteiger partial charge < -0.3 is 23.8 Å². The Bertz CT molecular complexity index is 1240. The summed E-state index contributed by atoms with van der Waals surface area (Å²) in [5.74, 6) is -1.44. The Balaban J connectivity index is 4.10. The highest BCUT2D eigenvalue weighted by atomic mass is 16.6. The Morgan fingerprint density at radius 3 is 1.19 bits per heavy atom. The number of carboxylic acid groups (broad SMARTS) is 1. The van der Waals surface area contributed by atoms with Crippen LogP contribution in [0.2, 0.25) is 0 Å². The molecule has 8 nitrogen and oxygen atoms in total. The average Bonchev–Trinajstić information content (AvgIpc) is 3.33. The Morgan fingerprint density at radius 1 is 0.443 bits per heavy atom. The molecule has 70 heavy (non-hydrogen) atoms. The quantitative estimate of drug-likeness (QED) is 0.0280. The summed E-state index contributed by atoms with van der Waals surface area (Å²) in [6.07, 6.45) is 65.0. The molecule has 8 heteroatoms. The molecule has 0 aromatic carbocycles. The third-order valence-corrected chi connectivity index (χ3v) is 13.8. The second-order valence-electron chi connectivity index (χ2n) is 21.6. The average molecular weight is 988 g/mol. The molecule has 0 saturated heterocycles. The van der Waals surface area contributed by atoms with Gasteiger partial charge >= 0.3 is 17.9 Å². The molecule has 0 heterocycles. The summed E-state index contributed by atoms with van der Waals surface area (Å²) in [6.45, 7) is 4.69. The van der Waals surface area contributed by atoms with Gasteiger partial charge in [-0.15, -0.1) is 0 Å². The van der Waals surface area contributed by atoms with E-state index in [1.54, 1.807) is 0 Å². The molecule has 410 valence electrons. The van der Waals surface area contributed by atoms with Gasteiger partial charge in [0.25, 0.3) is 0 Å². The first kappa shape index (κ1) is 67.5. The summed E-state index contributed by atoms with van der Waals surface area (Å²) in [4.78, 5) is 37.3. The van der Waals surface area contributed by atoms with Crippen LogP contribution in [-0.4, -0.2) is 80.6 Å². The summed E-state index contributed by atoms with van der Waals surface area (Å²) in [6, 6.07) is -0.614. The maximum Gasteiger partial charge on any atom is 0.362 e. The summed E-state index contributed by atoms with van der Waals surface area (Å²) in [7, 11) is 5.56. The SMILES string of the molecule is CC/C=C/C/C=C/C/C=C/CCCCCCCCCCCCCCCC(=O)OCC(COCCC(C(=O)O)[N+](C)(C)C)OC(=O)CCCCCCCCCCCCCCCCCCCCCCCCC. The fraction of sp³-hybridized carbons (Fsp3) is 0.855. The number of carbonyl (C=O) groups is 3. The minimum absolute atomic E-state index is 0.0468. The smallest absolute Gasteiger partial charge is 0.362 e. The molecular weight excluding hydrogens is 871 g/mol. The number of aliphatic carboxylic acids is 1. The highest BCUT2D eigenvalue weighted by Crippen LogP contribution is 2.18. The first-order chi connectivity index (χ1) is 34.1. The number of carbonyl (C=O) groups excluding carboxylic acids is 2. The van der Waals surface area contributed by atoms with E-state index in [0.717, 1.165) is 57.8 Å². The Morgan fingerprint density at radius 2 is 0.800 bits per heavy atom. The fourth-order valence-electron chi connectivity index (χ4n) is 9.23. The minimum Gasteiger partial charge on any atom is -0.477 e. The molecule has 0 aliphatic carbocycles. The lowest BCUT2D eigenvalue weighted by Crippen LogP contribution is -2.50. The lowest BCUT2D eigenvalue weighted by molar-refractivity contribution is -0.887. The van der Waals surface area contributed by atoms with Crippen molar-refractivity contribution < 1.29 is 38.2 Å². The normalized spacial score (nSPS) is 13.0. The Labute approximate surface area is 434 Å². The molecule has 0 aliphatic heterocycles. The minimum atomic E-state index is -0.870. The van der Waals surface area contributed by atoms with E-state index < -0.39 is 18.1 Å². The zero-order valence-corrected chi connectivity index (χ0v) is 47.0. The molecule has 2 atom stereocenters. The third-order valence-electron chi connectivity index (χ3n) is 13.8. The largest absolute Gasteiger partial charge is 0.477 e. The van der Waals surface area contributed by atoms with Crippen molar-refractivity contribution in [1.82, 2.24) is 0 Å². The van der Waals surface area contributed by atoms with Crippen LogP contribution in [0.25, 0.3) is 0 Å². The summed E-state index contributed by atoms with van der Waals surface area (Å²) in [5, 5.41) is 9.69. The molecule has 0 radical (unpaired) electrons. The molecule has 2 unspecified atom stereocenters. The fourth-order valence-corrected chi connectivity index (χ4v) is 9.23. The molecule has 0 aromatic rings. The maximum atomic E-state index is 12.9. The standard InChI is InChI=1S/C62H115NO7/c1-6-8-10-12-14-16-18-20-22-24-26-28-30-32-34-36-38-40-42-44-46-48-50-52-60(64)69-57-58(56-68-55-54-59(62(66)67)63(3,4)5)70-61(65)53-51-49-47-45-43-41-39-37-35-33-31-29-27-25-23-21-19-17-15-13-11-9-7-2/h8,10,14,16,20,22,58-59H,6-7,9,11-13,15,17-19,21,23-57H2,1-5H3/p+1/b10-8+,16-14+,22-20+. The highest BCUT2D eigenvalue weighted by Gasteiger charge is 2.31. The van der Waals surface area contributed by atoms with Crippen molar-refractivity contribution in [2.45, 2.75) is 302 Å². The van der Waals surface area contributed by atoms with E-state index in [-0.39, 0.29) is 36.2 Å². The number of carboxylic acids is 1. The van der Waals surface area contributed by atoms with Gasteiger partial charge in [0, 0.05) is 19.3 Å².